The van der Waals surface area contributed by atoms with Gasteiger partial charge in [0.2, 0.25) is 5.91 Å². The van der Waals surface area contributed by atoms with Crippen molar-refractivity contribution in [1.82, 2.24) is 29.4 Å². The number of carbonyl (C=O) groups excluding carboxylic acids is 2. The number of halogens is 1. The molecular weight excluding hydrogens is 444 g/mol. The van der Waals surface area contributed by atoms with Gasteiger partial charge in [0.05, 0.1) is 7.11 Å². The van der Waals surface area contributed by atoms with E-state index in [0.717, 1.165) is 22.5 Å². The van der Waals surface area contributed by atoms with E-state index in [1.807, 2.05) is 30.9 Å². The molecule has 10 heteroatoms. The van der Waals surface area contributed by atoms with Crippen molar-refractivity contribution in [3.8, 4) is 0 Å². The maximum Gasteiger partial charge on any atom is 0.327 e. The van der Waals surface area contributed by atoms with Crippen LogP contribution in [0.15, 0.2) is 30.6 Å². The molecule has 0 bridgehead atoms. The number of ether oxygens (including phenoxy) is 1. The number of amides is 1. The Hall–Kier alpha value is -3.04. The number of aryl methyl sites for hydroxylation is 2. The van der Waals surface area contributed by atoms with E-state index in [-0.39, 0.29) is 11.9 Å². The fourth-order valence-corrected chi connectivity index (χ4v) is 4.52. The molecule has 1 amide bonds. The number of methoxy groups -OCH3 is 1. The number of fused-ring (bicyclic) bond motifs is 1. The first kappa shape index (κ1) is 23.1. The van der Waals surface area contributed by atoms with Gasteiger partial charge in [-0.05, 0) is 43.5 Å². The number of hydrogen-bond donors (Lipinski definition) is 0. The molecule has 1 saturated heterocycles. The first-order valence-electron chi connectivity index (χ1n) is 10.9. The van der Waals surface area contributed by atoms with Crippen molar-refractivity contribution in [2.45, 2.75) is 32.7 Å². The lowest BCUT2D eigenvalue weighted by molar-refractivity contribution is -0.148. The molecule has 1 fully saturated rings. The van der Waals surface area contributed by atoms with Gasteiger partial charge in [0, 0.05) is 49.0 Å². The average Bonchev–Trinajstić information content (AvgIpc) is 3.29. The van der Waals surface area contributed by atoms with Crippen molar-refractivity contribution in [2.75, 3.05) is 33.3 Å². The van der Waals surface area contributed by atoms with E-state index in [0.29, 0.717) is 49.8 Å². The van der Waals surface area contributed by atoms with E-state index < -0.39 is 6.04 Å². The molecule has 1 aliphatic rings. The van der Waals surface area contributed by atoms with Gasteiger partial charge in [0.25, 0.3) is 5.78 Å². The standard InChI is InChI=1S/C23H27ClN6O3/c1-15-19(16(2)30-23(27-15)25-14-26-30)8-9-20(31)28-10-12-29(13-11-28)21(22(32)33-3)17-4-6-18(24)7-5-17/h4-7,14,21H,8-13H2,1-3H3. The number of aromatic nitrogens is 4. The minimum absolute atomic E-state index is 0.0910. The summed E-state index contributed by atoms with van der Waals surface area (Å²) in [6.07, 6.45) is 2.46. The van der Waals surface area contributed by atoms with E-state index in [4.69, 9.17) is 16.3 Å². The number of esters is 1. The van der Waals surface area contributed by atoms with Crippen LogP contribution in [0.3, 0.4) is 0 Å². The lowest BCUT2D eigenvalue weighted by Crippen LogP contribution is -2.51. The van der Waals surface area contributed by atoms with E-state index in [1.165, 1.54) is 13.4 Å². The van der Waals surface area contributed by atoms with Crippen LogP contribution in [-0.2, 0) is 20.7 Å². The summed E-state index contributed by atoms with van der Waals surface area (Å²) >= 11 is 6.00. The summed E-state index contributed by atoms with van der Waals surface area (Å²) in [5, 5.41) is 4.82. The van der Waals surface area contributed by atoms with Gasteiger partial charge < -0.3 is 9.64 Å². The number of carbonyl (C=O) groups is 2. The molecule has 1 atom stereocenters. The van der Waals surface area contributed by atoms with E-state index in [2.05, 4.69) is 20.0 Å². The topological polar surface area (TPSA) is 92.9 Å². The zero-order valence-electron chi connectivity index (χ0n) is 19.0. The van der Waals surface area contributed by atoms with Crippen molar-refractivity contribution in [3.63, 3.8) is 0 Å². The van der Waals surface area contributed by atoms with Crippen molar-refractivity contribution < 1.29 is 14.3 Å². The molecule has 4 rings (SSSR count). The third-order valence-electron chi connectivity index (χ3n) is 6.22. The van der Waals surface area contributed by atoms with Crippen LogP contribution in [-0.4, -0.2) is 74.5 Å². The fourth-order valence-electron chi connectivity index (χ4n) is 4.39. The third kappa shape index (κ3) is 4.84. The van der Waals surface area contributed by atoms with Crippen molar-refractivity contribution in [2.24, 2.45) is 0 Å². The molecule has 0 spiro atoms. The Balaban J connectivity index is 1.38. The molecule has 1 aromatic carbocycles. The van der Waals surface area contributed by atoms with Crippen LogP contribution in [0, 0.1) is 13.8 Å². The second-order valence-corrected chi connectivity index (χ2v) is 8.56. The van der Waals surface area contributed by atoms with Gasteiger partial charge in [-0.1, -0.05) is 23.7 Å². The largest absolute Gasteiger partial charge is 0.468 e. The molecule has 0 radical (unpaired) electrons. The summed E-state index contributed by atoms with van der Waals surface area (Å²) in [5.41, 5.74) is 3.67. The van der Waals surface area contributed by atoms with Crippen LogP contribution >= 0.6 is 11.6 Å². The summed E-state index contributed by atoms with van der Waals surface area (Å²) in [4.78, 5) is 38.0. The molecule has 33 heavy (non-hydrogen) atoms. The van der Waals surface area contributed by atoms with Gasteiger partial charge in [0.15, 0.2) is 0 Å². The van der Waals surface area contributed by atoms with Gasteiger partial charge in [-0.15, -0.1) is 0 Å². The molecule has 1 aliphatic heterocycles. The summed E-state index contributed by atoms with van der Waals surface area (Å²) in [6.45, 7) is 6.18. The van der Waals surface area contributed by atoms with Crippen LogP contribution in [0.1, 0.15) is 35.0 Å². The van der Waals surface area contributed by atoms with Gasteiger partial charge in [0.1, 0.15) is 12.4 Å². The Bertz CT molecular complexity index is 1150. The predicted octanol–water partition coefficient (Wildman–Crippen LogP) is 2.39. The average molecular weight is 471 g/mol. The van der Waals surface area contributed by atoms with Crippen LogP contribution < -0.4 is 0 Å². The minimum atomic E-state index is -0.518. The molecule has 3 heterocycles. The molecular formula is C23H27ClN6O3. The fraction of sp³-hybridized carbons (Fsp3) is 0.435. The Morgan fingerprint density at radius 1 is 1.12 bits per heavy atom. The van der Waals surface area contributed by atoms with Gasteiger partial charge >= 0.3 is 5.97 Å². The molecule has 9 nitrogen and oxygen atoms in total. The zero-order valence-corrected chi connectivity index (χ0v) is 19.7. The number of nitrogens with zero attached hydrogens (tertiary/aromatic N) is 6. The van der Waals surface area contributed by atoms with E-state index >= 15 is 0 Å². The number of hydrogen-bond acceptors (Lipinski definition) is 7. The molecule has 3 aromatic rings. The number of benzene rings is 1. The van der Waals surface area contributed by atoms with E-state index in [1.54, 1.807) is 16.6 Å². The Labute approximate surface area is 197 Å². The maximum atomic E-state index is 12.9. The Kier molecular flexibility index (Phi) is 6.90. The highest BCUT2D eigenvalue weighted by Gasteiger charge is 2.32. The van der Waals surface area contributed by atoms with E-state index in [9.17, 15) is 9.59 Å². The quantitative estimate of drug-likeness (QED) is 0.510. The lowest BCUT2D eigenvalue weighted by atomic mass is 10.0. The van der Waals surface area contributed by atoms with Crippen LogP contribution in [0.5, 0.6) is 0 Å². The zero-order chi connectivity index (χ0) is 23.5. The van der Waals surface area contributed by atoms with Crippen molar-refractivity contribution in [1.29, 1.82) is 0 Å². The third-order valence-corrected chi connectivity index (χ3v) is 6.47. The summed E-state index contributed by atoms with van der Waals surface area (Å²) in [7, 11) is 1.39. The van der Waals surface area contributed by atoms with Gasteiger partial charge in [-0.25, -0.2) is 14.3 Å². The second kappa shape index (κ2) is 9.84. The molecule has 2 aromatic heterocycles. The van der Waals surface area contributed by atoms with Crippen molar-refractivity contribution in [3.05, 3.63) is 58.1 Å². The lowest BCUT2D eigenvalue weighted by Gasteiger charge is -2.38. The Morgan fingerprint density at radius 2 is 1.82 bits per heavy atom. The maximum absolute atomic E-state index is 12.9. The second-order valence-electron chi connectivity index (χ2n) is 8.13. The first-order valence-corrected chi connectivity index (χ1v) is 11.3. The van der Waals surface area contributed by atoms with Crippen LogP contribution in [0.2, 0.25) is 5.02 Å². The Morgan fingerprint density at radius 3 is 2.48 bits per heavy atom. The highest BCUT2D eigenvalue weighted by atomic mass is 35.5. The monoisotopic (exact) mass is 470 g/mol. The molecule has 174 valence electrons. The smallest absolute Gasteiger partial charge is 0.327 e. The first-order chi connectivity index (χ1) is 15.9. The number of piperazine rings is 1. The van der Waals surface area contributed by atoms with Crippen LogP contribution in [0.25, 0.3) is 5.78 Å². The normalized spacial score (nSPS) is 15.6. The highest BCUT2D eigenvalue weighted by Crippen LogP contribution is 2.25. The minimum Gasteiger partial charge on any atom is -0.468 e. The SMILES string of the molecule is COC(=O)C(c1ccc(Cl)cc1)N1CCN(C(=O)CCc2c(C)nc3ncnn3c2C)CC1. The molecule has 0 N–H and O–H groups in total. The molecule has 0 saturated carbocycles. The van der Waals surface area contributed by atoms with Gasteiger partial charge in [-0.3, -0.25) is 9.69 Å². The molecule has 0 aliphatic carbocycles. The summed E-state index contributed by atoms with van der Waals surface area (Å²) < 4.78 is 6.75. The van der Waals surface area contributed by atoms with Crippen molar-refractivity contribution >= 4 is 29.3 Å². The van der Waals surface area contributed by atoms with Gasteiger partial charge in [-0.2, -0.15) is 10.1 Å². The summed E-state index contributed by atoms with van der Waals surface area (Å²) in [6, 6.07) is 6.69. The highest BCUT2D eigenvalue weighted by molar-refractivity contribution is 6.30. The molecule has 1 unspecified atom stereocenters. The summed E-state index contributed by atoms with van der Waals surface area (Å²) in [5.74, 6) is 0.337. The predicted molar refractivity (Wildman–Crippen MR) is 123 cm³/mol. The number of rotatable bonds is 6. The van der Waals surface area contributed by atoms with Crippen LogP contribution in [0.4, 0.5) is 0 Å².